The predicted octanol–water partition coefficient (Wildman–Crippen LogP) is 3.60. The second-order valence-corrected chi connectivity index (χ2v) is 4.65. The molecule has 0 spiro atoms. The quantitative estimate of drug-likeness (QED) is 0.477. The van der Waals surface area contributed by atoms with E-state index in [1.54, 1.807) is 0 Å². The predicted molar refractivity (Wildman–Crippen MR) is 46.2 cm³/mol. The first-order chi connectivity index (χ1) is 7.52. The average Bonchev–Trinajstić information content (AvgIpc) is 2.14. The number of hydrogen-bond donors (Lipinski definition) is 0. The van der Waals surface area contributed by atoms with Gasteiger partial charge in [0, 0.05) is 5.92 Å². The summed E-state index contributed by atoms with van der Waals surface area (Å²) in [5.74, 6) is -1.69. The van der Waals surface area contributed by atoms with Crippen LogP contribution in [0.1, 0.15) is 19.8 Å². The van der Waals surface area contributed by atoms with Crippen molar-refractivity contribution in [1.29, 1.82) is 0 Å². The summed E-state index contributed by atoms with van der Waals surface area (Å²) in [5, 5.41) is 0. The Hall–Kier alpha value is -0.720. The number of hydrogen-bond acceptors (Lipinski definition) is 1. The minimum absolute atomic E-state index is 0.169. The third-order valence-electron chi connectivity index (χ3n) is 3.39. The summed E-state index contributed by atoms with van der Waals surface area (Å²) in [6.45, 7) is 1.24. The van der Waals surface area contributed by atoms with Crippen molar-refractivity contribution in [1.82, 2.24) is 0 Å². The number of halogens is 6. The standard InChI is InChI=1S/C10H10F6O/c1-7-4-2-6(3-5-7)8(17-7,9(11,12)13)10(14,15)16/h2,4,6H,3,5H2,1H3. The van der Waals surface area contributed by atoms with Crippen LogP contribution in [0.4, 0.5) is 26.3 Å². The van der Waals surface area contributed by atoms with Gasteiger partial charge in [0.15, 0.2) is 0 Å². The van der Waals surface area contributed by atoms with Crippen molar-refractivity contribution in [2.24, 2.45) is 5.92 Å². The third kappa shape index (κ3) is 1.58. The Morgan fingerprint density at radius 3 is 1.88 bits per heavy atom. The highest BCUT2D eigenvalue weighted by atomic mass is 19.4. The van der Waals surface area contributed by atoms with E-state index in [0.29, 0.717) is 0 Å². The monoisotopic (exact) mass is 260 g/mol. The van der Waals surface area contributed by atoms with Crippen LogP contribution in [0.3, 0.4) is 0 Å². The summed E-state index contributed by atoms with van der Waals surface area (Å²) in [7, 11) is 0. The SMILES string of the molecule is CC12C=CC(CC1)C(C(F)(F)F)(C(F)(F)F)O2. The van der Waals surface area contributed by atoms with Crippen molar-refractivity contribution in [3.8, 4) is 0 Å². The van der Waals surface area contributed by atoms with Crippen molar-refractivity contribution >= 4 is 0 Å². The van der Waals surface area contributed by atoms with Gasteiger partial charge in [-0.1, -0.05) is 12.2 Å². The van der Waals surface area contributed by atoms with Gasteiger partial charge in [-0.15, -0.1) is 0 Å². The van der Waals surface area contributed by atoms with Gasteiger partial charge in [0.1, 0.15) is 0 Å². The van der Waals surface area contributed by atoms with E-state index in [9.17, 15) is 26.3 Å². The molecule has 0 aromatic carbocycles. The lowest BCUT2D eigenvalue weighted by Gasteiger charge is -2.53. The Bertz CT molecular complexity index is 341. The first kappa shape index (κ1) is 12.7. The number of rotatable bonds is 0. The number of fused-ring (bicyclic) bond motifs is 2. The molecule has 0 radical (unpaired) electrons. The minimum Gasteiger partial charge on any atom is -0.347 e. The molecule has 3 aliphatic rings. The van der Waals surface area contributed by atoms with E-state index < -0.39 is 29.5 Å². The molecule has 1 saturated heterocycles. The minimum atomic E-state index is -5.47. The van der Waals surface area contributed by atoms with E-state index in [1.807, 2.05) is 0 Å². The van der Waals surface area contributed by atoms with Crippen molar-refractivity contribution in [2.45, 2.75) is 43.3 Å². The van der Waals surface area contributed by atoms with Gasteiger partial charge in [-0.3, -0.25) is 0 Å². The normalized spacial score (nSPS) is 36.3. The van der Waals surface area contributed by atoms with Gasteiger partial charge < -0.3 is 4.74 Å². The molecule has 2 heterocycles. The molecule has 1 aliphatic carbocycles. The molecule has 2 aliphatic heterocycles. The van der Waals surface area contributed by atoms with Gasteiger partial charge in [-0.2, -0.15) is 26.3 Å². The van der Waals surface area contributed by atoms with E-state index in [2.05, 4.69) is 4.74 Å². The van der Waals surface area contributed by atoms with Crippen molar-refractivity contribution in [2.75, 3.05) is 0 Å². The Morgan fingerprint density at radius 2 is 1.65 bits per heavy atom. The molecule has 2 bridgehead atoms. The summed E-state index contributed by atoms with van der Waals surface area (Å²) in [6.07, 6.45) is -8.68. The summed E-state index contributed by atoms with van der Waals surface area (Å²) < 4.78 is 81.5. The number of alkyl halides is 6. The lowest BCUT2D eigenvalue weighted by atomic mass is 9.71. The highest BCUT2D eigenvalue weighted by Crippen LogP contribution is 2.59. The highest BCUT2D eigenvalue weighted by molar-refractivity contribution is 5.21. The Kier molecular flexibility index (Phi) is 2.38. The average molecular weight is 260 g/mol. The first-order valence-corrected chi connectivity index (χ1v) is 5.05. The van der Waals surface area contributed by atoms with E-state index in [0.717, 1.165) is 6.08 Å². The van der Waals surface area contributed by atoms with Gasteiger partial charge in [-0.25, -0.2) is 0 Å². The fourth-order valence-corrected chi connectivity index (χ4v) is 2.51. The van der Waals surface area contributed by atoms with Gasteiger partial charge in [-0.05, 0) is 19.8 Å². The number of ether oxygens (including phenoxy) is 1. The molecule has 0 N–H and O–H groups in total. The smallest absolute Gasteiger partial charge is 0.347 e. The molecule has 0 aromatic heterocycles. The fraction of sp³-hybridized carbons (Fsp3) is 0.800. The lowest BCUT2D eigenvalue weighted by molar-refractivity contribution is -0.423. The zero-order valence-corrected chi connectivity index (χ0v) is 8.82. The molecule has 17 heavy (non-hydrogen) atoms. The summed E-state index contributed by atoms with van der Waals surface area (Å²) in [5.41, 5.74) is -5.54. The summed E-state index contributed by atoms with van der Waals surface area (Å²) >= 11 is 0. The molecule has 1 fully saturated rings. The molecule has 2 unspecified atom stereocenters. The van der Waals surface area contributed by atoms with Crippen LogP contribution in [-0.4, -0.2) is 23.6 Å². The van der Waals surface area contributed by atoms with E-state index in [4.69, 9.17) is 0 Å². The molecule has 0 aromatic rings. The highest BCUT2D eigenvalue weighted by Gasteiger charge is 2.78. The van der Waals surface area contributed by atoms with Crippen LogP contribution < -0.4 is 0 Å². The lowest BCUT2D eigenvalue weighted by Crippen LogP contribution is -2.69. The van der Waals surface area contributed by atoms with Crippen molar-refractivity contribution < 1.29 is 31.1 Å². The van der Waals surface area contributed by atoms with Crippen molar-refractivity contribution in [3.63, 3.8) is 0 Å². The third-order valence-corrected chi connectivity index (χ3v) is 3.39. The second kappa shape index (κ2) is 3.18. The van der Waals surface area contributed by atoms with Crippen LogP contribution in [0.5, 0.6) is 0 Å². The zero-order chi connectivity index (χ0) is 13.1. The summed E-state index contributed by atoms with van der Waals surface area (Å²) in [6, 6.07) is 0. The molecular formula is C10H10F6O. The summed E-state index contributed by atoms with van der Waals surface area (Å²) in [4.78, 5) is 0. The van der Waals surface area contributed by atoms with Crippen LogP contribution in [-0.2, 0) is 4.74 Å². The maximum Gasteiger partial charge on any atom is 0.427 e. The molecule has 7 heteroatoms. The first-order valence-electron chi connectivity index (χ1n) is 5.05. The Balaban J connectivity index is 2.56. The zero-order valence-electron chi connectivity index (χ0n) is 8.82. The fourth-order valence-electron chi connectivity index (χ4n) is 2.51. The molecular weight excluding hydrogens is 250 g/mol. The molecule has 3 rings (SSSR count). The molecule has 1 nitrogen and oxygen atoms in total. The van der Waals surface area contributed by atoms with Gasteiger partial charge >= 0.3 is 12.4 Å². The van der Waals surface area contributed by atoms with E-state index in [-0.39, 0.29) is 12.8 Å². The molecule has 0 saturated carbocycles. The Labute approximate surface area is 93.4 Å². The van der Waals surface area contributed by atoms with Crippen LogP contribution in [0.15, 0.2) is 12.2 Å². The maximum atomic E-state index is 12.8. The van der Waals surface area contributed by atoms with E-state index in [1.165, 1.54) is 13.0 Å². The van der Waals surface area contributed by atoms with Crippen molar-refractivity contribution in [3.05, 3.63) is 12.2 Å². The Morgan fingerprint density at radius 1 is 1.12 bits per heavy atom. The van der Waals surface area contributed by atoms with E-state index >= 15 is 0 Å². The topological polar surface area (TPSA) is 9.23 Å². The van der Waals surface area contributed by atoms with Crippen LogP contribution in [0.2, 0.25) is 0 Å². The van der Waals surface area contributed by atoms with Crippen LogP contribution in [0.25, 0.3) is 0 Å². The molecule has 2 atom stereocenters. The largest absolute Gasteiger partial charge is 0.427 e. The second-order valence-electron chi connectivity index (χ2n) is 4.65. The maximum absolute atomic E-state index is 12.8. The van der Waals surface area contributed by atoms with Gasteiger partial charge in [0.2, 0.25) is 0 Å². The van der Waals surface area contributed by atoms with Crippen LogP contribution in [0, 0.1) is 5.92 Å². The van der Waals surface area contributed by atoms with Gasteiger partial charge in [0.25, 0.3) is 5.60 Å². The van der Waals surface area contributed by atoms with Crippen LogP contribution >= 0.6 is 0 Å². The van der Waals surface area contributed by atoms with Gasteiger partial charge in [0.05, 0.1) is 5.60 Å². The molecule has 0 amide bonds. The molecule has 98 valence electrons.